The molecule has 0 fully saturated rings. The van der Waals surface area contributed by atoms with Gasteiger partial charge in [-0.25, -0.2) is 0 Å². The van der Waals surface area contributed by atoms with E-state index < -0.39 is 0 Å². The summed E-state index contributed by atoms with van der Waals surface area (Å²) < 4.78 is 0. The van der Waals surface area contributed by atoms with Crippen LogP contribution in [0.3, 0.4) is 0 Å². The number of nitrogens with one attached hydrogen (secondary N) is 2. The van der Waals surface area contributed by atoms with E-state index in [-0.39, 0.29) is 0 Å². The van der Waals surface area contributed by atoms with Crippen molar-refractivity contribution in [3.05, 3.63) is 60.7 Å². The van der Waals surface area contributed by atoms with Crippen molar-refractivity contribution in [2.24, 2.45) is 0 Å². The molecule has 25 heavy (non-hydrogen) atoms. The molecule has 3 aromatic rings. The third kappa shape index (κ3) is 4.15. The molecule has 4 heteroatoms. The Morgan fingerprint density at radius 3 is 2.04 bits per heavy atom. The molecule has 0 bridgehead atoms. The predicted octanol–water partition coefficient (Wildman–Crippen LogP) is 5.86. The number of nitrogens with zero attached hydrogens (tertiary/aromatic N) is 2. The number of benzene rings is 2. The Morgan fingerprint density at radius 1 is 0.920 bits per heavy atom. The Morgan fingerprint density at radius 2 is 1.48 bits per heavy atom. The van der Waals surface area contributed by atoms with Gasteiger partial charge in [0.1, 0.15) is 0 Å². The molecule has 1 aromatic heterocycles. The summed E-state index contributed by atoms with van der Waals surface area (Å²) in [5.74, 6) is 1.53. The summed E-state index contributed by atoms with van der Waals surface area (Å²) in [7, 11) is 1.85. The average molecular weight is 334 g/mol. The molecule has 0 atom stereocenters. The third-order valence-corrected chi connectivity index (χ3v) is 3.91. The lowest BCUT2D eigenvalue weighted by Crippen LogP contribution is -2.01. The zero-order chi connectivity index (χ0) is 18.2. The number of rotatable bonds is 5. The molecule has 3 rings (SSSR count). The van der Waals surface area contributed by atoms with Gasteiger partial charge in [-0.1, -0.05) is 63.7 Å². The number of hydrogen-bond acceptors (Lipinski definition) is 4. The van der Waals surface area contributed by atoms with Gasteiger partial charge in [0, 0.05) is 23.5 Å². The van der Waals surface area contributed by atoms with Crippen LogP contribution in [0.15, 0.2) is 55.1 Å². The van der Waals surface area contributed by atoms with Gasteiger partial charge >= 0.3 is 0 Å². The molecule has 2 N–H and O–H groups in total. The molecule has 0 unspecified atom stereocenters. The fraction of sp³-hybridized carbons (Fsp3) is 0.238. The Bertz CT molecular complexity index is 838. The SMILES string of the molecule is C=C(CC)c1ccc(Nc2nnc(NC)c3ccccc23)cc1.CC. The minimum Gasteiger partial charge on any atom is -0.371 e. The predicted molar refractivity (Wildman–Crippen MR) is 109 cm³/mol. The molecule has 0 saturated heterocycles. The van der Waals surface area contributed by atoms with Crippen LogP contribution in [0.25, 0.3) is 16.3 Å². The summed E-state index contributed by atoms with van der Waals surface area (Å²) >= 11 is 0. The van der Waals surface area contributed by atoms with Gasteiger partial charge in [0.15, 0.2) is 11.6 Å². The van der Waals surface area contributed by atoms with Crippen LogP contribution >= 0.6 is 0 Å². The van der Waals surface area contributed by atoms with Crippen molar-refractivity contribution in [3.8, 4) is 0 Å². The maximum Gasteiger partial charge on any atom is 0.161 e. The Hall–Kier alpha value is -2.88. The molecule has 1 heterocycles. The first-order valence-electron chi connectivity index (χ1n) is 8.71. The molecular formula is C21H26N4. The standard InChI is InChI=1S/C19H20N4.C2H6/c1-4-13(2)14-9-11-15(12-10-14)21-19-17-8-6-5-7-16(17)18(20-3)22-23-19;1-2/h5-12H,2,4H2,1,3H3,(H,20,22)(H,21,23);1-2H3. The lowest BCUT2D eigenvalue weighted by molar-refractivity contribution is 1.05. The first-order valence-corrected chi connectivity index (χ1v) is 8.71. The van der Waals surface area contributed by atoms with E-state index in [0.29, 0.717) is 0 Å². The zero-order valence-electron chi connectivity index (χ0n) is 15.4. The van der Waals surface area contributed by atoms with E-state index in [1.807, 2.05) is 57.3 Å². The topological polar surface area (TPSA) is 49.8 Å². The maximum absolute atomic E-state index is 4.31. The van der Waals surface area contributed by atoms with Crippen LogP contribution in [-0.4, -0.2) is 17.2 Å². The van der Waals surface area contributed by atoms with Gasteiger partial charge in [0.05, 0.1) is 0 Å². The molecule has 0 spiro atoms. The largest absolute Gasteiger partial charge is 0.371 e. The van der Waals surface area contributed by atoms with Crippen LogP contribution in [0, 0.1) is 0 Å². The van der Waals surface area contributed by atoms with E-state index in [1.165, 1.54) is 5.56 Å². The van der Waals surface area contributed by atoms with Crippen LogP contribution < -0.4 is 10.6 Å². The van der Waals surface area contributed by atoms with Crippen LogP contribution in [-0.2, 0) is 0 Å². The lowest BCUT2D eigenvalue weighted by Gasteiger charge is -2.11. The summed E-state index contributed by atoms with van der Waals surface area (Å²) in [4.78, 5) is 0. The number of hydrogen-bond donors (Lipinski definition) is 2. The van der Waals surface area contributed by atoms with Gasteiger partial charge in [-0.2, -0.15) is 0 Å². The van der Waals surface area contributed by atoms with E-state index >= 15 is 0 Å². The second-order valence-electron chi connectivity index (χ2n) is 5.35. The number of allylic oxidation sites excluding steroid dienone is 1. The second-order valence-corrected chi connectivity index (χ2v) is 5.35. The highest BCUT2D eigenvalue weighted by atomic mass is 15.2. The fourth-order valence-electron chi connectivity index (χ4n) is 2.51. The van der Waals surface area contributed by atoms with Crippen molar-refractivity contribution in [2.75, 3.05) is 17.7 Å². The minimum absolute atomic E-state index is 0.752. The molecular weight excluding hydrogens is 308 g/mol. The van der Waals surface area contributed by atoms with Gasteiger partial charge in [0.25, 0.3) is 0 Å². The summed E-state index contributed by atoms with van der Waals surface area (Å²) in [6.07, 6.45) is 0.953. The van der Waals surface area contributed by atoms with Crippen molar-refractivity contribution in [2.45, 2.75) is 27.2 Å². The summed E-state index contributed by atoms with van der Waals surface area (Å²) in [6, 6.07) is 16.3. The van der Waals surface area contributed by atoms with Gasteiger partial charge in [0.2, 0.25) is 0 Å². The van der Waals surface area contributed by atoms with Crippen molar-refractivity contribution in [3.63, 3.8) is 0 Å². The highest BCUT2D eigenvalue weighted by Crippen LogP contribution is 2.28. The van der Waals surface area contributed by atoms with E-state index in [1.54, 1.807) is 0 Å². The average Bonchev–Trinajstić information content (AvgIpc) is 2.70. The Labute approximate surface area is 150 Å². The number of fused-ring (bicyclic) bond motifs is 1. The zero-order valence-corrected chi connectivity index (χ0v) is 15.4. The summed E-state index contributed by atoms with van der Waals surface area (Å²) in [6.45, 7) is 10.2. The molecule has 0 aliphatic heterocycles. The minimum atomic E-state index is 0.752. The quantitative estimate of drug-likeness (QED) is 0.613. The molecule has 130 valence electrons. The van der Waals surface area contributed by atoms with Crippen molar-refractivity contribution in [1.82, 2.24) is 10.2 Å². The van der Waals surface area contributed by atoms with Crippen molar-refractivity contribution in [1.29, 1.82) is 0 Å². The van der Waals surface area contributed by atoms with Crippen molar-refractivity contribution >= 4 is 33.7 Å². The van der Waals surface area contributed by atoms with Gasteiger partial charge in [-0.15, -0.1) is 10.2 Å². The van der Waals surface area contributed by atoms with Gasteiger partial charge < -0.3 is 10.6 Å². The monoisotopic (exact) mass is 334 g/mol. The van der Waals surface area contributed by atoms with E-state index in [2.05, 4.69) is 46.5 Å². The molecule has 0 radical (unpaired) electrons. The highest BCUT2D eigenvalue weighted by molar-refractivity contribution is 5.99. The van der Waals surface area contributed by atoms with Gasteiger partial charge in [-0.05, 0) is 29.7 Å². The van der Waals surface area contributed by atoms with Crippen LogP contribution in [0.2, 0.25) is 0 Å². The normalized spacial score (nSPS) is 9.92. The molecule has 2 aromatic carbocycles. The van der Waals surface area contributed by atoms with Crippen LogP contribution in [0.1, 0.15) is 32.8 Å². The lowest BCUT2D eigenvalue weighted by atomic mass is 10.1. The molecule has 0 amide bonds. The fourth-order valence-corrected chi connectivity index (χ4v) is 2.51. The number of aromatic nitrogens is 2. The Kier molecular flexibility index (Phi) is 6.52. The van der Waals surface area contributed by atoms with E-state index in [4.69, 9.17) is 0 Å². The van der Waals surface area contributed by atoms with E-state index in [0.717, 1.165) is 40.1 Å². The molecule has 0 aliphatic rings. The molecule has 0 aliphatic carbocycles. The summed E-state index contributed by atoms with van der Waals surface area (Å²) in [5, 5.41) is 17.1. The smallest absolute Gasteiger partial charge is 0.161 e. The first-order chi connectivity index (χ1) is 12.2. The maximum atomic E-state index is 4.31. The van der Waals surface area contributed by atoms with Crippen LogP contribution in [0.5, 0.6) is 0 Å². The highest BCUT2D eigenvalue weighted by Gasteiger charge is 2.08. The molecule has 0 saturated carbocycles. The Balaban J connectivity index is 0.00000109. The van der Waals surface area contributed by atoms with E-state index in [9.17, 15) is 0 Å². The second kappa shape index (κ2) is 8.83. The first kappa shape index (κ1) is 18.5. The van der Waals surface area contributed by atoms with Crippen LogP contribution in [0.4, 0.5) is 17.3 Å². The van der Waals surface area contributed by atoms with Crippen molar-refractivity contribution < 1.29 is 0 Å². The third-order valence-electron chi connectivity index (χ3n) is 3.91. The molecule has 4 nitrogen and oxygen atoms in total. The van der Waals surface area contributed by atoms with Gasteiger partial charge in [-0.3, -0.25) is 0 Å². The number of anilines is 3. The summed E-state index contributed by atoms with van der Waals surface area (Å²) in [5.41, 5.74) is 3.29.